The standard InChI is InChI=1S/C15H24N2OS/c1-10(2)11(3)17(4)9-14(18)12-5-7-13(8-6-12)15(16)19/h5-8,10-11,14,18H,9H2,1-4H3,(H2,16,19). The van der Waals surface area contributed by atoms with Crippen molar-refractivity contribution in [1.82, 2.24) is 4.90 Å². The van der Waals surface area contributed by atoms with E-state index in [9.17, 15) is 5.11 Å². The Bertz CT molecular complexity index is 417. The monoisotopic (exact) mass is 280 g/mol. The van der Waals surface area contributed by atoms with Crippen molar-refractivity contribution in [2.24, 2.45) is 11.7 Å². The minimum absolute atomic E-state index is 0.381. The number of thiocarbonyl (C=S) groups is 1. The zero-order chi connectivity index (χ0) is 14.6. The molecule has 0 aliphatic carbocycles. The smallest absolute Gasteiger partial charge is 0.103 e. The zero-order valence-corrected chi connectivity index (χ0v) is 12.9. The number of benzene rings is 1. The molecule has 19 heavy (non-hydrogen) atoms. The van der Waals surface area contributed by atoms with Gasteiger partial charge in [0, 0.05) is 18.2 Å². The van der Waals surface area contributed by atoms with E-state index >= 15 is 0 Å². The van der Waals surface area contributed by atoms with Crippen LogP contribution in [-0.2, 0) is 0 Å². The van der Waals surface area contributed by atoms with Crippen LogP contribution in [-0.4, -0.2) is 34.6 Å². The summed E-state index contributed by atoms with van der Waals surface area (Å²) >= 11 is 4.91. The van der Waals surface area contributed by atoms with Crippen LogP contribution in [0, 0.1) is 5.92 Å². The van der Waals surface area contributed by atoms with E-state index in [2.05, 4.69) is 25.7 Å². The molecule has 0 heterocycles. The van der Waals surface area contributed by atoms with Crippen LogP contribution in [0.25, 0.3) is 0 Å². The van der Waals surface area contributed by atoms with Crippen molar-refractivity contribution in [2.75, 3.05) is 13.6 Å². The number of hydrogen-bond acceptors (Lipinski definition) is 3. The van der Waals surface area contributed by atoms with E-state index in [1.54, 1.807) is 0 Å². The maximum atomic E-state index is 10.2. The molecule has 3 nitrogen and oxygen atoms in total. The van der Waals surface area contributed by atoms with Crippen molar-refractivity contribution in [3.05, 3.63) is 35.4 Å². The fourth-order valence-corrected chi connectivity index (χ4v) is 2.06. The second kappa shape index (κ2) is 6.98. The molecule has 0 radical (unpaired) electrons. The van der Waals surface area contributed by atoms with Crippen LogP contribution in [0.15, 0.2) is 24.3 Å². The summed E-state index contributed by atoms with van der Waals surface area (Å²) in [5.74, 6) is 0.564. The molecule has 1 rings (SSSR count). The molecule has 0 aliphatic rings. The van der Waals surface area contributed by atoms with Gasteiger partial charge in [0.15, 0.2) is 0 Å². The van der Waals surface area contributed by atoms with Gasteiger partial charge >= 0.3 is 0 Å². The highest BCUT2D eigenvalue weighted by molar-refractivity contribution is 7.80. The molecular formula is C15H24N2OS. The van der Waals surface area contributed by atoms with Gasteiger partial charge in [0.25, 0.3) is 0 Å². The molecule has 0 saturated carbocycles. The third-order valence-electron chi connectivity index (χ3n) is 3.70. The third kappa shape index (κ3) is 4.56. The fraction of sp³-hybridized carbons (Fsp3) is 0.533. The van der Waals surface area contributed by atoms with Gasteiger partial charge in [0.05, 0.1) is 6.10 Å². The van der Waals surface area contributed by atoms with Crippen LogP contribution in [0.2, 0.25) is 0 Å². The highest BCUT2D eigenvalue weighted by Gasteiger charge is 2.17. The molecule has 3 N–H and O–H groups in total. The van der Waals surface area contributed by atoms with E-state index in [1.807, 2.05) is 31.3 Å². The minimum Gasteiger partial charge on any atom is -0.389 e. The van der Waals surface area contributed by atoms with E-state index in [4.69, 9.17) is 18.0 Å². The van der Waals surface area contributed by atoms with E-state index in [1.165, 1.54) is 0 Å². The van der Waals surface area contributed by atoms with Crippen LogP contribution in [0.1, 0.15) is 38.0 Å². The number of nitrogens with zero attached hydrogens (tertiary/aromatic N) is 1. The summed E-state index contributed by atoms with van der Waals surface area (Å²) in [5, 5.41) is 10.2. The molecule has 106 valence electrons. The largest absolute Gasteiger partial charge is 0.389 e. The topological polar surface area (TPSA) is 49.5 Å². The Labute approximate surface area is 121 Å². The SMILES string of the molecule is CC(C)C(C)N(C)CC(O)c1ccc(C(N)=S)cc1. The first-order valence-electron chi connectivity index (χ1n) is 6.61. The van der Waals surface area contributed by atoms with Crippen molar-refractivity contribution in [2.45, 2.75) is 32.9 Å². The Morgan fingerprint density at radius 2 is 1.79 bits per heavy atom. The molecule has 2 unspecified atom stereocenters. The minimum atomic E-state index is -0.494. The summed E-state index contributed by atoms with van der Waals surface area (Å²) in [4.78, 5) is 2.56. The molecule has 4 heteroatoms. The maximum Gasteiger partial charge on any atom is 0.103 e. The molecule has 1 aromatic carbocycles. The third-order valence-corrected chi connectivity index (χ3v) is 3.94. The van der Waals surface area contributed by atoms with Crippen molar-refractivity contribution >= 4 is 17.2 Å². The number of rotatable bonds is 6. The van der Waals surface area contributed by atoms with Gasteiger partial charge in [0.2, 0.25) is 0 Å². The van der Waals surface area contributed by atoms with Crippen molar-refractivity contribution in [1.29, 1.82) is 0 Å². The number of aliphatic hydroxyl groups is 1. The van der Waals surface area contributed by atoms with Crippen molar-refractivity contribution in [3.63, 3.8) is 0 Å². The van der Waals surface area contributed by atoms with Gasteiger partial charge in [0.1, 0.15) is 4.99 Å². The van der Waals surface area contributed by atoms with Crippen molar-refractivity contribution < 1.29 is 5.11 Å². The average Bonchev–Trinajstić information content (AvgIpc) is 2.37. The second-order valence-corrected chi connectivity index (χ2v) is 5.87. The molecule has 2 atom stereocenters. The molecular weight excluding hydrogens is 256 g/mol. The molecule has 1 aromatic rings. The van der Waals surface area contributed by atoms with Crippen molar-refractivity contribution in [3.8, 4) is 0 Å². The molecule has 0 bridgehead atoms. The van der Waals surface area contributed by atoms with E-state index in [-0.39, 0.29) is 0 Å². The molecule has 0 amide bonds. The first-order chi connectivity index (χ1) is 8.82. The van der Waals surface area contributed by atoms with Gasteiger partial charge in [-0.1, -0.05) is 50.3 Å². The summed E-state index contributed by atoms with van der Waals surface area (Å²) < 4.78 is 0. The molecule has 0 spiro atoms. The summed E-state index contributed by atoms with van der Waals surface area (Å²) in [6.45, 7) is 7.16. The number of aliphatic hydroxyl groups excluding tert-OH is 1. The van der Waals surface area contributed by atoms with Crippen LogP contribution in [0.3, 0.4) is 0 Å². The first-order valence-corrected chi connectivity index (χ1v) is 7.01. The molecule has 0 aliphatic heterocycles. The lowest BCUT2D eigenvalue weighted by Crippen LogP contribution is -2.36. The quantitative estimate of drug-likeness (QED) is 0.785. The lowest BCUT2D eigenvalue weighted by Gasteiger charge is -2.29. The number of likely N-dealkylation sites (N-methyl/N-ethyl adjacent to an activating group) is 1. The highest BCUT2D eigenvalue weighted by atomic mass is 32.1. The molecule has 0 saturated heterocycles. The van der Waals surface area contributed by atoms with Gasteiger partial charge in [-0.2, -0.15) is 0 Å². The molecule has 0 fully saturated rings. The van der Waals surface area contributed by atoms with Gasteiger partial charge < -0.3 is 15.7 Å². The second-order valence-electron chi connectivity index (χ2n) is 5.43. The predicted octanol–water partition coefficient (Wildman–Crippen LogP) is 2.33. The normalized spacial score (nSPS) is 14.7. The fourth-order valence-electron chi connectivity index (χ4n) is 1.92. The Kier molecular flexibility index (Phi) is 5.91. The summed E-state index contributed by atoms with van der Waals surface area (Å²) in [5.41, 5.74) is 7.27. The lowest BCUT2D eigenvalue weighted by molar-refractivity contribution is 0.0955. The van der Waals surface area contributed by atoms with Gasteiger partial charge in [-0.05, 0) is 25.5 Å². The van der Waals surface area contributed by atoms with Gasteiger partial charge in [-0.15, -0.1) is 0 Å². The van der Waals surface area contributed by atoms with Gasteiger partial charge in [-0.25, -0.2) is 0 Å². The Morgan fingerprint density at radius 3 is 2.21 bits per heavy atom. The maximum absolute atomic E-state index is 10.2. The summed E-state index contributed by atoms with van der Waals surface area (Å²) in [6, 6.07) is 7.91. The van der Waals surface area contributed by atoms with Crippen LogP contribution >= 0.6 is 12.2 Å². The Morgan fingerprint density at radius 1 is 1.26 bits per heavy atom. The van der Waals surface area contributed by atoms with Crippen LogP contribution in [0.5, 0.6) is 0 Å². The van der Waals surface area contributed by atoms with E-state index in [0.717, 1.165) is 11.1 Å². The average molecular weight is 280 g/mol. The number of hydrogen-bond donors (Lipinski definition) is 2. The summed E-state index contributed by atoms with van der Waals surface area (Å²) in [7, 11) is 2.04. The van der Waals surface area contributed by atoms with E-state index in [0.29, 0.717) is 23.5 Å². The van der Waals surface area contributed by atoms with Crippen LogP contribution in [0.4, 0.5) is 0 Å². The lowest BCUT2D eigenvalue weighted by atomic mass is 10.0. The number of nitrogens with two attached hydrogens (primary N) is 1. The first kappa shape index (κ1) is 16.1. The zero-order valence-electron chi connectivity index (χ0n) is 12.1. The Balaban J connectivity index is 2.67. The van der Waals surface area contributed by atoms with Crippen LogP contribution < -0.4 is 5.73 Å². The predicted molar refractivity (Wildman–Crippen MR) is 84.2 cm³/mol. The summed E-state index contributed by atoms with van der Waals surface area (Å²) in [6.07, 6.45) is -0.494. The van der Waals surface area contributed by atoms with Gasteiger partial charge in [-0.3, -0.25) is 0 Å². The molecule has 0 aromatic heterocycles. The Hall–Kier alpha value is -0.970. The highest BCUT2D eigenvalue weighted by Crippen LogP contribution is 2.17. The van der Waals surface area contributed by atoms with E-state index < -0.39 is 6.10 Å².